The number of hydrogen-bond donors (Lipinski definition) is 3. The molecule has 1 aliphatic heterocycles. The Kier molecular flexibility index (Phi) is 5.02. The van der Waals surface area contributed by atoms with Crippen LogP contribution in [0.3, 0.4) is 0 Å². The summed E-state index contributed by atoms with van der Waals surface area (Å²) in [6.45, 7) is 5.64. The highest BCUT2D eigenvalue weighted by molar-refractivity contribution is 6.15. The van der Waals surface area contributed by atoms with Crippen molar-refractivity contribution in [3.63, 3.8) is 0 Å². The second-order valence-corrected chi connectivity index (χ2v) is 5.66. The topological polar surface area (TPSA) is 108 Å². The van der Waals surface area contributed by atoms with Crippen LogP contribution in [0.1, 0.15) is 17.7 Å². The third-order valence-corrected chi connectivity index (χ3v) is 3.70. The smallest absolute Gasteiger partial charge is 0.236 e. The van der Waals surface area contributed by atoms with Gasteiger partial charge in [-0.05, 0) is 13.3 Å². The van der Waals surface area contributed by atoms with E-state index in [2.05, 4.69) is 37.7 Å². The molecular formula is C18H18N6O2. The molecule has 0 atom stereocenters. The highest BCUT2D eigenvalue weighted by Crippen LogP contribution is 2.23. The van der Waals surface area contributed by atoms with Gasteiger partial charge in [-0.15, -0.1) is 11.7 Å². The van der Waals surface area contributed by atoms with Crippen molar-refractivity contribution in [3.05, 3.63) is 54.2 Å². The summed E-state index contributed by atoms with van der Waals surface area (Å²) in [7, 11) is 0. The summed E-state index contributed by atoms with van der Waals surface area (Å²) >= 11 is 0. The molecule has 0 spiro atoms. The van der Waals surface area contributed by atoms with Gasteiger partial charge in [0.25, 0.3) is 0 Å². The summed E-state index contributed by atoms with van der Waals surface area (Å²) in [4.78, 5) is 32.0. The summed E-state index contributed by atoms with van der Waals surface area (Å²) in [5.74, 6) is 0.246. The number of aryl methyl sites for hydroxylation is 1. The zero-order chi connectivity index (χ0) is 18.5. The fraction of sp³-hybridized carbons (Fsp3) is 0.167. The standard InChI is InChI=1S/C18H18N6O2/c1-3-7-13-11(2)19-16(12-8-5-4-6-9-12)22-17(13)23-24-18-20-14(25)10-15(26)21-18/h3-6,8-9H,1,7,10H2,2H3,(H,19,22,23)(H2,20,21,24,25,26). The molecular weight excluding hydrogens is 332 g/mol. The predicted molar refractivity (Wildman–Crippen MR) is 98.1 cm³/mol. The molecule has 8 nitrogen and oxygen atoms in total. The van der Waals surface area contributed by atoms with Gasteiger partial charge in [0, 0.05) is 16.8 Å². The minimum Gasteiger partial charge on any atom is -0.294 e. The molecule has 0 saturated carbocycles. The van der Waals surface area contributed by atoms with Crippen LogP contribution in [0.4, 0.5) is 5.82 Å². The maximum atomic E-state index is 11.4. The summed E-state index contributed by atoms with van der Waals surface area (Å²) in [5, 5.41) is 9.02. The highest BCUT2D eigenvalue weighted by atomic mass is 16.2. The van der Waals surface area contributed by atoms with Crippen LogP contribution in [0.2, 0.25) is 0 Å². The van der Waals surface area contributed by atoms with Crippen LogP contribution < -0.4 is 16.1 Å². The number of hydrazone groups is 1. The van der Waals surface area contributed by atoms with Crippen molar-refractivity contribution in [2.45, 2.75) is 19.8 Å². The first-order chi connectivity index (χ1) is 12.6. The number of benzene rings is 1. The molecule has 0 radical (unpaired) electrons. The fourth-order valence-electron chi connectivity index (χ4n) is 2.49. The van der Waals surface area contributed by atoms with Crippen molar-refractivity contribution in [2.24, 2.45) is 5.10 Å². The van der Waals surface area contributed by atoms with Gasteiger partial charge in [-0.2, -0.15) is 0 Å². The number of anilines is 1. The van der Waals surface area contributed by atoms with Gasteiger partial charge in [-0.3, -0.25) is 25.6 Å². The molecule has 2 aromatic rings. The third kappa shape index (κ3) is 3.92. The van der Waals surface area contributed by atoms with E-state index < -0.39 is 11.8 Å². The first-order valence-corrected chi connectivity index (χ1v) is 8.04. The predicted octanol–water partition coefficient (Wildman–Crippen LogP) is 1.50. The summed E-state index contributed by atoms with van der Waals surface area (Å²) in [5.41, 5.74) is 5.31. The molecule has 1 aliphatic rings. The van der Waals surface area contributed by atoms with E-state index >= 15 is 0 Å². The molecule has 1 saturated heterocycles. The number of carbonyl (C=O) groups is 2. The van der Waals surface area contributed by atoms with E-state index in [1.807, 2.05) is 37.3 Å². The Morgan fingerprint density at radius 3 is 2.54 bits per heavy atom. The van der Waals surface area contributed by atoms with Gasteiger partial charge in [0.2, 0.25) is 17.8 Å². The van der Waals surface area contributed by atoms with Gasteiger partial charge in [0.15, 0.2) is 11.6 Å². The zero-order valence-electron chi connectivity index (χ0n) is 14.2. The van der Waals surface area contributed by atoms with Crippen LogP contribution in [0.5, 0.6) is 0 Å². The number of nitrogens with one attached hydrogen (secondary N) is 3. The summed E-state index contributed by atoms with van der Waals surface area (Å²) in [6.07, 6.45) is 2.08. The monoisotopic (exact) mass is 350 g/mol. The average Bonchev–Trinajstić information content (AvgIpc) is 2.62. The largest absolute Gasteiger partial charge is 0.294 e. The van der Waals surface area contributed by atoms with Crippen LogP contribution in [0.25, 0.3) is 11.4 Å². The number of aromatic nitrogens is 2. The van der Waals surface area contributed by atoms with Gasteiger partial charge in [-0.1, -0.05) is 36.4 Å². The first kappa shape index (κ1) is 17.3. The van der Waals surface area contributed by atoms with E-state index in [0.717, 1.165) is 16.8 Å². The molecule has 2 amide bonds. The number of guanidine groups is 1. The number of carbonyl (C=O) groups excluding carboxylic acids is 2. The molecule has 3 rings (SSSR count). The van der Waals surface area contributed by atoms with Crippen LogP contribution in [0, 0.1) is 6.92 Å². The molecule has 0 unspecified atom stereocenters. The lowest BCUT2D eigenvalue weighted by atomic mass is 10.1. The molecule has 0 bridgehead atoms. The average molecular weight is 350 g/mol. The maximum absolute atomic E-state index is 11.4. The normalized spacial score (nSPS) is 13.7. The molecule has 26 heavy (non-hydrogen) atoms. The SMILES string of the molecule is C=CCc1c(C)nc(-c2ccccc2)nc1NN=C1NC(=O)CC(=O)N1. The molecule has 0 aliphatic carbocycles. The van der Waals surface area contributed by atoms with E-state index in [1.165, 1.54) is 0 Å². The summed E-state index contributed by atoms with van der Waals surface area (Å²) < 4.78 is 0. The molecule has 3 N–H and O–H groups in total. The van der Waals surface area contributed by atoms with Crippen molar-refractivity contribution in [3.8, 4) is 11.4 Å². The molecule has 1 fully saturated rings. The Bertz CT molecular complexity index is 874. The zero-order valence-corrected chi connectivity index (χ0v) is 14.2. The van der Waals surface area contributed by atoms with Gasteiger partial charge in [0.1, 0.15) is 6.42 Å². The number of amides is 2. The van der Waals surface area contributed by atoms with E-state index in [4.69, 9.17) is 0 Å². The first-order valence-electron chi connectivity index (χ1n) is 8.04. The minimum atomic E-state index is -0.413. The van der Waals surface area contributed by atoms with Crippen molar-refractivity contribution >= 4 is 23.6 Å². The van der Waals surface area contributed by atoms with Crippen LogP contribution >= 0.6 is 0 Å². The van der Waals surface area contributed by atoms with Crippen molar-refractivity contribution in [1.82, 2.24) is 20.6 Å². The third-order valence-electron chi connectivity index (χ3n) is 3.70. The fourth-order valence-corrected chi connectivity index (χ4v) is 2.49. The van der Waals surface area contributed by atoms with E-state index in [0.29, 0.717) is 18.1 Å². The molecule has 132 valence electrons. The Morgan fingerprint density at radius 1 is 1.19 bits per heavy atom. The van der Waals surface area contributed by atoms with Gasteiger partial charge in [0.05, 0.1) is 0 Å². The van der Waals surface area contributed by atoms with Crippen LogP contribution in [-0.2, 0) is 16.0 Å². The van der Waals surface area contributed by atoms with Crippen molar-refractivity contribution in [2.75, 3.05) is 5.43 Å². The lowest BCUT2D eigenvalue weighted by Crippen LogP contribution is -2.51. The Hall–Kier alpha value is -3.55. The molecule has 8 heteroatoms. The van der Waals surface area contributed by atoms with Crippen molar-refractivity contribution in [1.29, 1.82) is 0 Å². The lowest BCUT2D eigenvalue weighted by molar-refractivity contribution is -0.129. The van der Waals surface area contributed by atoms with E-state index in [1.54, 1.807) is 6.08 Å². The number of hydrogen-bond acceptors (Lipinski definition) is 6. The quantitative estimate of drug-likeness (QED) is 0.430. The highest BCUT2D eigenvalue weighted by Gasteiger charge is 2.20. The molecule has 1 aromatic heterocycles. The Balaban J connectivity index is 1.95. The van der Waals surface area contributed by atoms with Crippen molar-refractivity contribution < 1.29 is 9.59 Å². The molecule has 1 aromatic carbocycles. The van der Waals surface area contributed by atoms with E-state index in [-0.39, 0.29) is 12.4 Å². The van der Waals surface area contributed by atoms with Gasteiger partial charge in [-0.25, -0.2) is 9.97 Å². The maximum Gasteiger partial charge on any atom is 0.236 e. The second-order valence-electron chi connectivity index (χ2n) is 5.66. The minimum absolute atomic E-state index is 0.0355. The second kappa shape index (κ2) is 7.56. The Labute approximate surface area is 150 Å². The number of nitrogens with zero attached hydrogens (tertiary/aromatic N) is 3. The van der Waals surface area contributed by atoms with E-state index in [9.17, 15) is 9.59 Å². The van der Waals surface area contributed by atoms with Crippen LogP contribution in [-0.4, -0.2) is 27.7 Å². The molecule has 2 heterocycles. The lowest BCUT2D eigenvalue weighted by Gasteiger charge is -2.16. The number of allylic oxidation sites excluding steroid dienone is 1. The van der Waals surface area contributed by atoms with Gasteiger partial charge >= 0.3 is 0 Å². The summed E-state index contributed by atoms with van der Waals surface area (Å²) in [6, 6.07) is 9.57. The number of rotatable bonds is 5. The Morgan fingerprint density at radius 2 is 1.88 bits per heavy atom. The van der Waals surface area contributed by atoms with Crippen LogP contribution in [0.15, 0.2) is 48.1 Å². The van der Waals surface area contributed by atoms with Gasteiger partial charge < -0.3 is 0 Å².